The lowest BCUT2D eigenvalue weighted by Gasteiger charge is -2.03. The average molecular weight is 221 g/mol. The number of benzene rings is 1. The Balaban J connectivity index is 0.00000112. The fraction of sp³-hybridized carbons (Fsp3) is 0.0833. The summed E-state index contributed by atoms with van der Waals surface area (Å²) in [5, 5.41) is 3.03. The molecule has 1 aromatic heterocycles. The van der Waals surface area contributed by atoms with Crippen molar-refractivity contribution in [2.24, 2.45) is 0 Å². The molecule has 0 aliphatic carbocycles. The number of nitrogens with one attached hydrogen (secondary N) is 1. The summed E-state index contributed by atoms with van der Waals surface area (Å²) in [5.74, 6) is 0.895. The minimum Gasteiger partial charge on any atom is -0.373 e. The maximum atomic E-state index is 4.45. The van der Waals surface area contributed by atoms with Crippen LogP contribution in [-0.4, -0.2) is 12.0 Å². The molecule has 78 valence electrons. The number of anilines is 1. The summed E-state index contributed by atoms with van der Waals surface area (Å²) in [6, 6.07) is 16.1. The summed E-state index contributed by atoms with van der Waals surface area (Å²) >= 11 is 0. The smallest absolute Gasteiger partial charge is 0.126 e. The van der Waals surface area contributed by atoms with E-state index in [0.717, 1.165) is 17.1 Å². The first-order valence-electron chi connectivity index (χ1n) is 4.60. The third-order valence-corrected chi connectivity index (χ3v) is 2.07. The van der Waals surface area contributed by atoms with Gasteiger partial charge in [0.05, 0.1) is 5.69 Å². The van der Waals surface area contributed by atoms with Gasteiger partial charge in [-0.2, -0.15) is 0 Å². The van der Waals surface area contributed by atoms with Crippen molar-refractivity contribution in [3.8, 4) is 11.3 Å². The van der Waals surface area contributed by atoms with Crippen molar-refractivity contribution in [1.82, 2.24) is 4.98 Å². The molecule has 0 spiro atoms. The second-order valence-corrected chi connectivity index (χ2v) is 3.02. The molecule has 1 N–H and O–H groups in total. The monoisotopic (exact) mass is 220 g/mol. The average Bonchev–Trinajstić information content (AvgIpc) is 2.30. The van der Waals surface area contributed by atoms with Crippen molar-refractivity contribution in [2.75, 3.05) is 12.4 Å². The van der Waals surface area contributed by atoms with Crippen LogP contribution in [0.5, 0.6) is 0 Å². The highest BCUT2D eigenvalue weighted by Crippen LogP contribution is 2.17. The van der Waals surface area contributed by atoms with E-state index in [4.69, 9.17) is 0 Å². The van der Waals surface area contributed by atoms with E-state index in [2.05, 4.69) is 22.4 Å². The maximum Gasteiger partial charge on any atom is 0.126 e. The molecule has 0 aliphatic heterocycles. The molecule has 1 aromatic carbocycles. The van der Waals surface area contributed by atoms with Crippen LogP contribution in [0.25, 0.3) is 11.3 Å². The topological polar surface area (TPSA) is 24.9 Å². The number of halogens is 1. The lowest BCUT2D eigenvalue weighted by atomic mass is 10.1. The first-order chi connectivity index (χ1) is 6.90. The highest BCUT2D eigenvalue weighted by molar-refractivity contribution is 5.85. The molecule has 3 heteroatoms. The molecule has 0 atom stereocenters. The standard InChI is InChI=1S/C12H12N2.ClH/c1-13-12-9-5-8-11(14-12)10-6-3-2-4-7-10;/h2-9H,1H3,(H,13,14);1H. The fourth-order valence-electron chi connectivity index (χ4n) is 1.34. The van der Waals surface area contributed by atoms with E-state index in [1.165, 1.54) is 0 Å². The molecule has 2 rings (SSSR count). The van der Waals surface area contributed by atoms with Gasteiger partial charge >= 0.3 is 0 Å². The predicted octanol–water partition coefficient (Wildman–Crippen LogP) is 3.21. The summed E-state index contributed by atoms with van der Waals surface area (Å²) < 4.78 is 0. The molecule has 0 fully saturated rings. The lowest BCUT2D eigenvalue weighted by molar-refractivity contribution is 1.29. The Morgan fingerprint density at radius 3 is 2.33 bits per heavy atom. The zero-order valence-electron chi connectivity index (χ0n) is 8.47. The molecule has 2 nitrogen and oxygen atoms in total. The summed E-state index contributed by atoms with van der Waals surface area (Å²) in [6.45, 7) is 0. The molecular formula is C12H13ClN2. The van der Waals surface area contributed by atoms with Crippen LogP contribution in [0.2, 0.25) is 0 Å². The summed E-state index contributed by atoms with van der Waals surface area (Å²) in [5.41, 5.74) is 2.14. The molecule has 0 bridgehead atoms. The molecule has 15 heavy (non-hydrogen) atoms. The van der Waals surface area contributed by atoms with E-state index < -0.39 is 0 Å². The Labute approximate surface area is 95.8 Å². The van der Waals surface area contributed by atoms with Gasteiger partial charge in [0.25, 0.3) is 0 Å². The second-order valence-electron chi connectivity index (χ2n) is 3.02. The summed E-state index contributed by atoms with van der Waals surface area (Å²) in [7, 11) is 1.87. The SMILES string of the molecule is CNc1cccc(-c2ccccc2)n1.Cl. The largest absolute Gasteiger partial charge is 0.373 e. The van der Waals surface area contributed by atoms with Crippen LogP contribution in [0.15, 0.2) is 48.5 Å². The van der Waals surface area contributed by atoms with Gasteiger partial charge in [0.15, 0.2) is 0 Å². The lowest BCUT2D eigenvalue weighted by Crippen LogP contribution is -1.92. The van der Waals surface area contributed by atoms with Crippen LogP contribution < -0.4 is 5.32 Å². The Bertz CT molecular complexity index is 415. The van der Waals surface area contributed by atoms with Crippen LogP contribution >= 0.6 is 12.4 Å². The molecule has 0 saturated heterocycles. The van der Waals surface area contributed by atoms with E-state index >= 15 is 0 Å². The van der Waals surface area contributed by atoms with Crippen LogP contribution in [0.3, 0.4) is 0 Å². The Kier molecular flexibility index (Phi) is 4.13. The van der Waals surface area contributed by atoms with Crippen molar-refractivity contribution in [3.63, 3.8) is 0 Å². The van der Waals surface area contributed by atoms with E-state index in [0.29, 0.717) is 0 Å². The first-order valence-corrected chi connectivity index (χ1v) is 4.60. The van der Waals surface area contributed by atoms with Crippen LogP contribution in [0, 0.1) is 0 Å². The zero-order chi connectivity index (χ0) is 9.80. The van der Waals surface area contributed by atoms with Gasteiger partial charge in [0, 0.05) is 12.6 Å². The molecular weight excluding hydrogens is 208 g/mol. The van der Waals surface area contributed by atoms with Gasteiger partial charge in [-0.05, 0) is 12.1 Å². The Morgan fingerprint density at radius 2 is 1.67 bits per heavy atom. The highest BCUT2D eigenvalue weighted by Gasteiger charge is 1.97. The summed E-state index contributed by atoms with van der Waals surface area (Å²) in [4.78, 5) is 4.45. The van der Waals surface area contributed by atoms with E-state index in [-0.39, 0.29) is 12.4 Å². The number of hydrogen-bond donors (Lipinski definition) is 1. The Hall–Kier alpha value is -1.54. The van der Waals surface area contributed by atoms with Crippen molar-refractivity contribution in [1.29, 1.82) is 0 Å². The highest BCUT2D eigenvalue weighted by atomic mass is 35.5. The van der Waals surface area contributed by atoms with Gasteiger partial charge in [-0.1, -0.05) is 36.4 Å². The van der Waals surface area contributed by atoms with E-state index in [1.54, 1.807) is 0 Å². The number of rotatable bonds is 2. The van der Waals surface area contributed by atoms with Crippen molar-refractivity contribution < 1.29 is 0 Å². The van der Waals surface area contributed by atoms with Gasteiger partial charge < -0.3 is 5.32 Å². The molecule has 0 saturated carbocycles. The number of nitrogens with zero attached hydrogens (tertiary/aromatic N) is 1. The van der Waals surface area contributed by atoms with E-state index in [1.807, 2.05) is 43.4 Å². The minimum absolute atomic E-state index is 0. The minimum atomic E-state index is 0. The first kappa shape index (κ1) is 11.5. The van der Waals surface area contributed by atoms with Crippen LogP contribution in [0.4, 0.5) is 5.82 Å². The normalized spacial score (nSPS) is 9.13. The van der Waals surface area contributed by atoms with Gasteiger partial charge in [-0.25, -0.2) is 4.98 Å². The van der Waals surface area contributed by atoms with E-state index in [9.17, 15) is 0 Å². The molecule has 0 amide bonds. The van der Waals surface area contributed by atoms with Crippen LogP contribution in [0.1, 0.15) is 0 Å². The van der Waals surface area contributed by atoms with Gasteiger partial charge in [0.1, 0.15) is 5.82 Å². The van der Waals surface area contributed by atoms with Crippen molar-refractivity contribution >= 4 is 18.2 Å². The molecule has 0 unspecified atom stereocenters. The van der Waals surface area contributed by atoms with Crippen molar-refractivity contribution in [2.45, 2.75) is 0 Å². The number of aromatic nitrogens is 1. The number of hydrogen-bond acceptors (Lipinski definition) is 2. The maximum absolute atomic E-state index is 4.45. The third-order valence-electron chi connectivity index (χ3n) is 2.07. The zero-order valence-corrected chi connectivity index (χ0v) is 9.29. The second kappa shape index (κ2) is 5.37. The summed E-state index contributed by atoms with van der Waals surface area (Å²) in [6.07, 6.45) is 0. The number of pyridine rings is 1. The van der Waals surface area contributed by atoms with Gasteiger partial charge in [-0.3, -0.25) is 0 Å². The van der Waals surface area contributed by atoms with Crippen molar-refractivity contribution in [3.05, 3.63) is 48.5 Å². The van der Waals surface area contributed by atoms with Gasteiger partial charge in [-0.15, -0.1) is 12.4 Å². The fourth-order valence-corrected chi connectivity index (χ4v) is 1.34. The molecule has 0 aliphatic rings. The molecule has 1 heterocycles. The quantitative estimate of drug-likeness (QED) is 0.841. The third kappa shape index (κ3) is 2.70. The predicted molar refractivity (Wildman–Crippen MR) is 66.5 cm³/mol. The van der Waals surface area contributed by atoms with Gasteiger partial charge in [0.2, 0.25) is 0 Å². The van der Waals surface area contributed by atoms with Crippen LogP contribution in [-0.2, 0) is 0 Å². The Morgan fingerprint density at radius 1 is 0.933 bits per heavy atom. The molecule has 2 aromatic rings. The molecule has 0 radical (unpaired) electrons.